The van der Waals surface area contributed by atoms with Crippen LogP contribution in [0.15, 0.2) is 77.1 Å². The molecule has 0 radical (unpaired) electrons. The number of guanidine groups is 1. The number of halogens is 2. The van der Waals surface area contributed by atoms with Gasteiger partial charge in [0.2, 0.25) is 5.96 Å². The van der Waals surface area contributed by atoms with Crippen LogP contribution in [0.1, 0.15) is 5.56 Å². The molecule has 1 aromatic heterocycles. The van der Waals surface area contributed by atoms with Crippen molar-refractivity contribution in [2.75, 3.05) is 19.4 Å². The van der Waals surface area contributed by atoms with Crippen molar-refractivity contribution in [2.24, 2.45) is 15.8 Å². The van der Waals surface area contributed by atoms with E-state index in [9.17, 15) is 4.39 Å². The summed E-state index contributed by atoms with van der Waals surface area (Å²) in [7, 11) is 3.31. The average molecular weight is 478 g/mol. The number of anilines is 2. The number of hydrogen-bond acceptors (Lipinski definition) is 6. The van der Waals surface area contributed by atoms with Crippen LogP contribution in [0.25, 0.3) is 10.9 Å². The van der Waals surface area contributed by atoms with E-state index in [0.717, 1.165) is 16.5 Å². The van der Waals surface area contributed by atoms with Crippen molar-refractivity contribution in [3.63, 3.8) is 0 Å². The van der Waals surface area contributed by atoms with Crippen LogP contribution < -0.4 is 15.8 Å². The average Bonchev–Trinajstić information content (AvgIpc) is 2.84. The molecule has 0 amide bonds. The maximum atomic E-state index is 13.4. The lowest BCUT2D eigenvalue weighted by atomic mass is 10.1. The second-order valence-electron chi connectivity index (χ2n) is 7.18. The number of nitrogens with two attached hydrogens (primary N) is 1. The number of rotatable bonds is 6. The molecule has 0 fully saturated rings. The minimum absolute atomic E-state index is 0.296. The Labute approximate surface area is 200 Å². The molecule has 8 nitrogen and oxygen atoms in total. The van der Waals surface area contributed by atoms with E-state index in [0.29, 0.717) is 34.0 Å². The van der Waals surface area contributed by atoms with Crippen molar-refractivity contribution in [1.82, 2.24) is 15.0 Å². The quantitative estimate of drug-likeness (QED) is 0.226. The third kappa shape index (κ3) is 5.38. The van der Waals surface area contributed by atoms with E-state index >= 15 is 0 Å². The number of hydrogen-bond donors (Lipinski definition) is 2. The summed E-state index contributed by atoms with van der Waals surface area (Å²) in [5.74, 6) is 1.27. The molecule has 0 unspecified atom stereocenters. The highest BCUT2D eigenvalue weighted by molar-refractivity contribution is 6.32. The van der Waals surface area contributed by atoms with Crippen molar-refractivity contribution >= 4 is 46.2 Å². The monoisotopic (exact) mass is 477 g/mol. The lowest BCUT2D eigenvalue weighted by molar-refractivity contribution is 0.477. The van der Waals surface area contributed by atoms with Gasteiger partial charge in [-0.25, -0.2) is 19.4 Å². The van der Waals surface area contributed by atoms with E-state index in [2.05, 4.69) is 25.4 Å². The molecule has 0 atom stereocenters. The van der Waals surface area contributed by atoms with Crippen LogP contribution in [0.2, 0.25) is 5.02 Å². The summed E-state index contributed by atoms with van der Waals surface area (Å²) >= 11 is 6.40. The second kappa shape index (κ2) is 10.1. The van der Waals surface area contributed by atoms with Gasteiger partial charge in [0.25, 0.3) is 0 Å². The van der Waals surface area contributed by atoms with Crippen molar-refractivity contribution in [3.8, 4) is 11.5 Å². The third-order valence-corrected chi connectivity index (χ3v) is 5.11. The molecule has 0 saturated carbocycles. The molecular formula is C24H21ClFN7O. The van der Waals surface area contributed by atoms with Crippen LogP contribution in [-0.4, -0.2) is 41.2 Å². The zero-order valence-corrected chi connectivity index (χ0v) is 19.2. The molecule has 0 saturated heterocycles. The first-order valence-electron chi connectivity index (χ1n) is 10.2. The van der Waals surface area contributed by atoms with Crippen LogP contribution in [0.3, 0.4) is 0 Å². The van der Waals surface area contributed by atoms with Gasteiger partial charge in [-0.15, -0.1) is 0 Å². The predicted octanol–water partition coefficient (Wildman–Crippen LogP) is 5.17. The molecule has 0 aliphatic heterocycles. The smallest absolute Gasteiger partial charge is 0.211 e. The number of hydrazone groups is 1. The van der Waals surface area contributed by atoms with Crippen molar-refractivity contribution in [3.05, 3.63) is 83.4 Å². The van der Waals surface area contributed by atoms with Gasteiger partial charge >= 0.3 is 0 Å². The number of benzene rings is 3. The number of nitrogens with one attached hydrogen (secondary N) is 1. The van der Waals surface area contributed by atoms with Crippen LogP contribution in [0, 0.1) is 5.82 Å². The molecular weight excluding hydrogens is 457 g/mol. The maximum Gasteiger partial charge on any atom is 0.211 e. The summed E-state index contributed by atoms with van der Waals surface area (Å²) < 4.78 is 19.1. The van der Waals surface area contributed by atoms with Gasteiger partial charge in [-0.05, 0) is 48.0 Å². The summed E-state index contributed by atoms with van der Waals surface area (Å²) in [6.07, 6.45) is 3.15. The number of fused-ring (bicyclic) bond motifs is 1. The summed E-state index contributed by atoms with van der Waals surface area (Å²) in [5.41, 5.74) is 8.04. The zero-order valence-electron chi connectivity index (χ0n) is 18.4. The second-order valence-corrected chi connectivity index (χ2v) is 7.59. The summed E-state index contributed by atoms with van der Waals surface area (Å²) in [6.45, 7) is 0. The summed E-state index contributed by atoms with van der Waals surface area (Å²) in [6, 6.07) is 16.7. The first kappa shape index (κ1) is 22.9. The minimum Gasteiger partial charge on any atom is -0.456 e. The first-order chi connectivity index (χ1) is 16.4. The van der Waals surface area contributed by atoms with Gasteiger partial charge in [-0.1, -0.05) is 23.7 Å². The number of aliphatic imine (C=N–C) groups is 1. The molecule has 172 valence electrons. The van der Waals surface area contributed by atoms with Gasteiger partial charge in [0.1, 0.15) is 29.5 Å². The lowest BCUT2D eigenvalue weighted by Crippen LogP contribution is -2.29. The highest BCUT2D eigenvalue weighted by Crippen LogP contribution is 2.33. The molecule has 10 heteroatoms. The summed E-state index contributed by atoms with van der Waals surface area (Å²) in [4.78, 5) is 12.6. The Bertz CT molecular complexity index is 1390. The van der Waals surface area contributed by atoms with E-state index in [-0.39, 0.29) is 5.82 Å². The largest absolute Gasteiger partial charge is 0.456 e. The van der Waals surface area contributed by atoms with Crippen LogP contribution in [-0.2, 0) is 0 Å². The number of nitrogens with zero attached hydrogens (tertiary/aromatic N) is 5. The Morgan fingerprint density at radius 1 is 1.15 bits per heavy atom. The Balaban J connectivity index is 1.57. The number of ether oxygens (including phenoxy) is 1. The SMILES string of the molecule is CN=C(N)N(C)N=Cc1ccc2ncnc(Nc3ccc(Oc4cccc(F)c4)c(Cl)c3)c2c1. The van der Waals surface area contributed by atoms with Crippen molar-refractivity contribution in [2.45, 2.75) is 0 Å². The van der Waals surface area contributed by atoms with Crippen LogP contribution in [0.4, 0.5) is 15.9 Å². The van der Waals surface area contributed by atoms with Crippen LogP contribution >= 0.6 is 11.6 Å². The van der Waals surface area contributed by atoms with Crippen molar-refractivity contribution in [1.29, 1.82) is 0 Å². The molecule has 4 rings (SSSR count). The number of aromatic nitrogens is 2. The van der Waals surface area contributed by atoms with E-state index in [1.54, 1.807) is 50.6 Å². The molecule has 0 spiro atoms. The fraction of sp³-hybridized carbons (Fsp3) is 0.0833. The highest BCUT2D eigenvalue weighted by atomic mass is 35.5. The van der Waals surface area contributed by atoms with Gasteiger partial charge < -0.3 is 15.8 Å². The van der Waals surface area contributed by atoms with E-state index < -0.39 is 0 Å². The predicted molar refractivity (Wildman–Crippen MR) is 134 cm³/mol. The maximum absolute atomic E-state index is 13.4. The lowest BCUT2D eigenvalue weighted by Gasteiger charge is -2.12. The zero-order chi connectivity index (χ0) is 24.1. The molecule has 0 aliphatic rings. The normalized spacial score (nSPS) is 11.7. The molecule has 0 aliphatic carbocycles. The van der Waals surface area contributed by atoms with Gasteiger partial charge in [-0.3, -0.25) is 4.99 Å². The fourth-order valence-corrected chi connectivity index (χ4v) is 3.29. The highest BCUT2D eigenvalue weighted by Gasteiger charge is 2.09. The summed E-state index contributed by atoms with van der Waals surface area (Å²) in [5, 5.41) is 10.2. The minimum atomic E-state index is -0.388. The van der Waals surface area contributed by atoms with Gasteiger partial charge in [0.05, 0.1) is 16.8 Å². The fourth-order valence-electron chi connectivity index (χ4n) is 3.07. The first-order valence-corrected chi connectivity index (χ1v) is 10.6. The van der Waals surface area contributed by atoms with E-state index in [1.165, 1.54) is 23.5 Å². The van der Waals surface area contributed by atoms with E-state index in [1.807, 2.05) is 18.2 Å². The van der Waals surface area contributed by atoms with Gasteiger partial charge in [0.15, 0.2) is 0 Å². The topological polar surface area (TPSA) is 101 Å². The van der Waals surface area contributed by atoms with Gasteiger partial charge in [-0.2, -0.15) is 5.10 Å². The molecule has 1 heterocycles. The van der Waals surface area contributed by atoms with E-state index in [4.69, 9.17) is 22.1 Å². The molecule has 4 aromatic rings. The standard InChI is InChI=1S/C24H21ClFN7O/c1-28-24(27)33(2)31-13-15-6-8-21-19(10-15)23(30-14-29-21)32-17-7-9-22(20(25)12-17)34-18-5-3-4-16(26)11-18/h3-14H,1-2H3,(H2,27,28)(H,29,30,32). The van der Waals surface area contributed by atoms with Crippen molar-refractivity contribution < 1.29 is 9.13 Å². The Morgan fingerprint density at radius 3 is 2.76 bits per heavy atom. The molecule has 3 aromatic carbocycles. The van der Waals surface area contributed by atoms with Crippen LogP contribution in [0.5, 0.6) is 11.5 Å². The Kier molecular flexibility index (Phi) is 6.84. The Hall–Kier alpha value is -4.24. The molecule has 0 bridgehead atoms. The van der Waals surface area contributed by atoms with Gasteiger partial charge in [0, 0.05) is 31.2 Å². The Morgan fingerprint density at radius 2 is 2.00 bits per heavy atom. The third-order valence-electron chi connectivity index (χ3n) is 4.82. The molecule has 3 N–H and O–H groups in total. The molecule has 34 heavy (non-hydrogen) atoms.